The summed E-state index contributed by atoms with van der Waals surface area (Å²) in [6.07, 6.45) is 4.37. The minimum absolute atomic E-state index is 0.000842. The van der Waals surface area contributed by atoms with E-state index in [1.807, 2.05) is 68.3 Å². The van der Waals surface area contributed by atoms with Crippen LogP contribution >= 0.6 is 0 Å². The number of pyridine rings is 1. The number of piperazine rings is 1. The number of nitrogens with zero attached hydrogens (tertiary/aromatic N) is 2. The molecule has 1 aromatic carbocycles. The van der Waals surface area contributed by atoms with E-state index in [1.165, 1.54) is 0 Å². The Balaban J connectivity index is 1.62. The lowest BCUT2D eigenvalue weighted by molar-refractivity contribution is -0.133. The Hall–Kier alpha value is -2.73. The van der Waals surface area contributed by atoms with Crippen molar-refractivity contribution >= 4 is 17.5 Å². The molecule has 1 aliphatic rings. The number of rotatable bonds is 5. The van der Waals surface area contributed by atoms with Crippen LogP contribution in [0.5, 0.6) is 0 Å². The molecule has 6 heteroatoms. The lowest BCUT2D eigenvalue weighted by atomic mass is 9.92. The van der Waals surface area contributed by atoms with Crippen LogP contribution in [0.4, 0.5) is 5.69 Å². The van der Waals surface area contributed by atoms with E-state index in [0.717, 1.165) is 29.9 Å². The zero-order valence-corrected chi connectivity index (χ0v) is 17.4. The van der Waals surface area contributed by atoms with Gasteiger partial charge >= 0.3 is 0 Å². The molecule has 6 nitrogen and oxygen atoms in total. The quantitative estimate of drug-likeness (QED) is 0.817. The van der Waals surface area contributed by atoms with Gasteiger partial charge < -0.3 is 15.5 Å². The van der Waals surface area contributed by atoms with Crippen LogP contribution in [0.3, 0.4) is 0 Å². The van der Waals surface area contributed by atoms with Gasteiger partial charge in [0.15, 0.2) is 0 Å². The van der Waals surface area contributed by atoms with Gasteiger partial charge in [-0.2, -0.15) is 0 Å². The van der Waals surface area contributed by atoms with Crippen molar-refractivity contribution in [2.24, 2.45) is 5.41 Å². The third kappa shape index (κ3) is 6.12. The molecule has 2 N–H and O–H groups in total. The highest BCUT2D eigenvalue weighted by Crippen LogP contribution is 2.23. The molecule has 1 fully saturated rings. The first-order chi connectivity index (χ1) is 13.8. The summed E-state index contributed by atoms with van der Waals surface area (Å²) in [5, 5.41) is 6.28. The Morgan fingerprint density at radius 3 is 2.62 bits per heavy atom. The highest BCUT2D eigenvalue weighted by Gasteiger charge is 2.27. The van der Waals surface area contributed by atoms with Crippen LogP contribution in [0.15, 0.2) is 48.8 Å². The van der Waals surface area contributed by atoms with Crippen molar-refractivity contribution in [3.05, 3.63) is 59.9 Å². The molecule has 2 aromatic rings. The SMILES string of the molecule is CC(C)(C)CC(=O)Nc1ccc(CC(=O)N2CCNCC2c2cccnc2)cc1. The molecule has 1 aliphatic heterocycles. The van der Waals surface area contributed by atoms with Crippen LogP contribution in [-0.2, 0) is 16.0 Å². The van der Waals surface area contributed by atoms with Gasteiger partial charge in [-0.25, -0.2) is 0 Å². The smallest absolute Gasteiger partial charge is 0.227 e. The Morgan fingerprint density at radius 1 is 1.21 bits per heavy atom. The zero-order chi connectivity index (χ0) is 20.9. The minimum Gasteiger partial charge on any atom is -0.333 e. The van der Waals surface area contributed by atoms with E-state index in [2.05, 4.69) is 15.6 Å². The molecule has 154 valence electrons. The summed E-state index contributed by atoms with van der Waals surface area (Å²) < 4.78 is 0. The molecule has 0 bridgehead atoms. The van der Waals surface area contributed by atoms with E-state index in [0.29, 0.717) is 19.4 Å². The number of hydrogen-bond donors (Lipinski definition) is 2. The predicted octanol–water partition coefficient (Wildman–Crippen LogP) is 3.17. The fraction of sp³-hybridized carbons (Fsp3) is 0.435. The first kappa shape index (κ1) is 21.0. The molecule has 1 unspecified atom stereocenters. The van der Waals surface area contributed by atoms with Crippen LogP contribution in [0.1, 0.15) is 44.4 Å². The van der Waals surface area contributed by atoms with Crippen LogP contribution in [0.25, 0.3) is 0 Å². The molecule has 0 aliphatic carbocycles. The summed E-state index contributed by atoms with van der Waals surface area (Å²) in [7, 11) is 0. The van der Waals surface area contributed by atoms with Crippen LogP contribution in [-0.4, -0.2) is 41.3 Å². The van der Waals surface area contributed by atoms with Gasteiger partial charge in [0, 0.05) is 44.1 Å². The van der Waals surface area contributed by atoms with E-state index in [9.17, 15) is 9.59 Å². The van der Waals surface area contributed by atoms with Crippen molar-refractivity contribution in [3.63, 3.8) is 0 Å². The number of hydrogen-bond acceptors (Lipinski definition) is 4. The minimum atomic E-state index is -0.0510. The Kier molecular flexibility index (Phi) is 6.64. The highest BCUT2D eigenvalue weighted by molar-refractivity contribution is 5.91. The number of nitrogens with one attached hydrogen (secondary N) is 2. The number of anilines is 1. The monoisotopic (exact) mass is 394 g/mol. The average molecular weight is 395 g/mol. The first-order valence-electron chi connectivity index (χ1n) is 10.1. The standard InChI is InChI=1S/C23H30N4O2/c1-23(2,3)14-21(28)26-19-8-6-17(7-9-19)13-22(29)27-12-11-25-16-20(27)18-5-4-10-24-15-18/h4-10,15,20,25H,11-14,16H2,1-3H3,(H,26,28). The summed E-state index contributed by atoms with van der Waals surface area (Å²) >= 11 is 0. The molecule has 1 aromatic heterocycles. The van der Waals surface area contributed by atoms with Crippen molar-refractivity contribution in [1.82, 2.24) is 15.2 Å². The van der Waals surface area contributed by atoms with Gasteiger partial charge in [0.1, 0.15) is 0 Å². The predicted molar refractivity (Wildman–Crippen MR) is 114 cm³/mol. The summed E-state index contributed by atoms with van der Waals surface area (Å²) in [6.45, 7) is 8.32. The van der Waals surface area contributed by atoms with Crippen LogP contribution in [0.2, 0.25) is 0 Å². The van der Waals surface area contributed by atoms with Crippen molar-refractivity contribution in [1.29, 1.82) is 0 Å². The number of amides is 2. The summed E-state index contributed by atoms with van der Waals surface area (Å²) in [5.74, 6) is 0.103. The Labute approximate surface area is 172 Å². The maximum absolute atomic E-state index is 13.0. The molecule has 2 amide bonds. The second-order valence-electron chi connectivity index (χ2n) is 8.75. The lowest BCUT2D eigenvalue weighted by Crippen LogP contribution is -2.49. The third-order valence-corrected chi connectivity index (χ3v) is 4.92. The maximum atomic E-state index is 13.0. The number of aromatic nitrogens is 1. The molecule has 2 heterocycles. The molecule has 0 radical (unpaired) electrons. The van der Waals surface area contributed by atoms with Crippen molar-refractivity contribution in [2.45, 2.75) is 39.7 Å². The fourth-order valence-corrected chi connectivity index (χ4v) is 3.54. The van der Waals surface area contributed by atoms with Gasteiger partial charge in [0.05, 0.1) is 12.5 Å². The Bertz CT molecular complexity index is 828. The first-order valence-corrected chi connectivity index (χ1v) is 10.1. The second-order valence-corrected chi connectivity index (χ2v) is 8.75. The second kappa shape index (κ2) is 9.18. The zero-order valence-electron chi connectivity index (χ0n) is 17.4. The molecule has 1 saturated heterocycles. The highest BCUT2D eigenvalue weighted by atomic mass is 16.2. The molecule has 1 atom stereocenters. The van der Waals surface area contributed by atoms with Gasteiger partial charge in [-0.05, 0) is 34.7 Å². The molecule has 29 heavy (non-hydrogen) atoms. The molecule has 0 spiro atoms. The van der Waals surface area contributed by atoms with E-state index in [4.69, 9.17) is 0 Å². The summed E-state index contributed by atoms with van der Waals surface area (Å²) in [5.41, 5.74) is 2.69. The van der Waals surface area contributed by atoms with Crippen molar-refractivity contribution in [3.8, 4) is 0 Å². The summed E-state index contributed by atoms with van der Waals surface area (Å²) in [6, 6.07) is 11.5. The van der Waals surface area contributed by atoms with Crippen molar-refractivity contribution in [2.75, 3.05) is 25.0 Å². The molecular formula is C23H30N4O2. The van der Waals surface area contributed by atoms with Gasteiger partial charge in [0.2, 0.25) is 11.8 Å². The maximum Gasteiger partial charge on any atom is 0.227 e. The summed E-state index contributed by atoms with van der Waals surface area (Å²) in [4.78, 5) is 31.2. The number of benzene rings is 1. The van der Waals surface area contributed by atoms with E-state index in [1.54, 1.807) is 6.20 Å². The van der Waals surface area contributed by atoms with Gasteiger partial charge in [-0.1, -0.05) is 39.0 Å². The largest absolute Gasteiger partial charge is 0.333 e. The van der Waals surface area contributed by atoms with Gasteiger partial charge in [-0.3, -0.25) is 14.6 Å². The fourth-order valence-electron chi connectivity index (χ4n) is 3.54. The Morgan fingerprint density at radius 2 is 1.97 bits per heavy atom. The lowest BCUT2D eigenvalue weighted by Gasteiger charge is -2.36. The molecular weight excluding hydrogens is 364 g/mol. The van der Waals surface area contributed by atoms with Crippen LogP contribution in [0, 0.1) is 5.41 Å². The average Bonchev–Trinajstić information content (AvgIpc) is 2.68. The van der Waals surface area contributed by atoms with Crippen molar-refractivity contribution < 1.29 is 9.59 Å². The van der Waals surface area contributed by atoms with Crippen LogP contribution < -0.4 is 10.6 Å². The van der Waals surface area contributed by atoms with Gasteiger partial charge in [-0.15, -0.1) is 0 Å². The van der Waals surface area contributed by atoms with E-state index >= 15 is 0 Å². The van der Waals surface area contributed by atoms with E-state index in [-0.39, 0.29) is 23.3 Å². The number of carbonyl (C=O) groups excluding carboxylic acids is 2. The number of carbonyl (C=O) groups is 2. The normalized spacial score (nSPS) is 17.1. The van der Waals surface area contributed by atoms with E-state index < -0.39 is 0 Å². The topological polar surface area (TPSA) is 74.3 Å². The van der Waals surface area contributed by atoms with Gasteiger partial charge in [0.25, 0.3) is 0 Å². The molecule has 0 saturated carbocycles. The molecule has 3 rings (SSSR count). The third-order valence-electron chi connectivity index (χ3n) is 4.92.